The number of hydrogen-bond donors (Lipinski definition) is 0. The summed E-state index contributed by atoms with van der Waals surface area (Å²) in [6.07, 6.45) is 7.32. The second-order valence-corrected chi connectivity index (χ2v) is 12.7. The summed E-state index contributed by atoms with van der Waals surface area (Å²) in [4.78, 5) is 0. The third-order valence-corrected chi connectivity index (χ3v) is 10.4. The summed E-state index contributed by atoms with van der Waals surface area (Å²) in [7, 11) is 0. The Kier molecular flexibility index (Phi) is 5.25. The zero-order chi connectivity index (χ0) is 30.4. The first-order valence-electron chi connectivity index (χ1n) is 16.2. The molecule has 0 N–H and O–H groups in total. The van der Waals surface area contributed by atoms with Gasteiger partial charge in [-0.2, -0.15) is 0 Å². The fraction of sp³-hybridized carbons (Fsp3) is 0.0667. The van der Waals surface area contributed by atoms with Crippen molar-refractivity contribution in [2.45, 2.75) is 18.8 Å². The van der Waals surface area contributed by atoms with Gasteiger partial charge in [-0.05, 0) is 102 Å². The minimum Gasteiger partial charge on any atom is -0.464 e. The van der Waals surface area contributed by atoms with Crippen LogP contribution in [0.2, 0.25) is 0 Å². The molecule has 0 saturated heterocycles. The van der Waals surface area contributed by atoms with Gasteiger partial charge in [0.05, 0.1) is 11.7 Å². The fourth-order valence-electron chi connectivity index (χ4n) is 8.53. The first-order chi connectivity index (χ1) is 22.8. The molecule has 1 heterocycles. The fourth-order valence-corrected chi connectivity index (χ4v) is 8.53. The van der Waals surface area contributed by atoms with Crippen molar-refractivity contribution in [3.8, 4) is 39.1 Å². The van der Waals surface area contributed by atoms with Crippen LogP contribution in [0, 0.1) is 0 Å². The van der Waals surface area contributed by atoms with Gasteiger partial charge in [0.1, 0.15) is 5.75 Å². The molecule has 1 nitrogen and oxygen atoms in total. The average Bonchev–Trinajstić information content (AvgIpc) is 3.57. The molecule has 10 rings (SSSR count). The smallest absolute Gasteiger partial charge is 0.135 e. The van der Waals surface area contributed by atoms with Gasteiger partial charge >= 0.3 is 0 Å². The van der Waals surface area contributed by atoms with E-state index in [1.807, 2.05) is 6.26 Å². The van der Waals surface area contributed by atoms with Crippen LogP contribution in [0.15, 0.2) is 152 Å². The molecule has 7 aromatic rings. The predicted octanol–water partition coefficient (Wildman–Crippen LogP) is 11.7. The highest BCUT2D eigenvalue weighted by molar-refractivity contribution is 6.07. The Morgan fingerprint density at radius 1 is 0.543 bits per heavy atom. The van der Waals surface area contributed by atoms with E-state index in [-0.39, 0.29) is 5.41 Å². The molecular formula is C45H30O. The first-order valence-corrected chi connectivity index (χ1v) is 16.2. The van der Waals surface area contributed by atoms with Crippen LogP contribution in [0.5, 0.6) is 5.75 Å². The molecule has 46 heavy (non-hydrogen) atoms. The molecule has 1 aliphatic heterocycles. The number of fused-ring (bicyclic) bond motifs is 11. The van der Waals surface area contributed by atoms with Gasteiger partial charge < -0.3 is 4.74 Å². The molecule has 0 aromatic heterocycles. The van der Waals surface area contributed by atoms with E-state index in [1.54, 1.807) is 0 Å². The minimum atomic E-state index is -0.367. The SMILES string of the molecule is CC/C=C\C1=COc2cccc3ccc(-c4ccc5c(c4)-c4ccccc4C54c5ccccc5-c5cc6ccccc6cc54)c1c23. The molecule has 7 aromatic carbocycles. The van der Waals surface area contributed by atoms with Crippen LogP contribution >= 0.6 is 0 Å². The van der Waals surface area contributed by atoms with Crippen LogP contribution in [-0.4, -0.2) is 0 Å². The Hall–Kier alpha value is -5.66. The molecule has 2 aliphatic carbocycles. The molecule has 1 heteroatoms. The number of benzene rings is 7. The van der Waals surface area contributed by atoms with Gasteiger partial charge in [0.2, 0.25) is 0 Å². The predicted molar refractivity (Wildman–Crippen MR) is 191 cm³/mol. The van der Waals surface area contributed by atoms with Crippen molar-refractivity contribution in [2.24, 2.45) is 0 Å². The number of ether oxygens (including phenoxy) is 1. The van der Waals surface area contributed by atoms with Gasteiger partial charge in [-0.15, -0.1) is 0 Å². The van der Waals surface area contributed by atoms with Crippen molar-refractivity contribution < 1.29 is 4.74 Å². The van der Waals surface area contributed by atoms with E-state index >= 15 is 0 Å². The lowest BCUT2D eigenvalue weighted by Crippen LogP contribution is -2.25. The zero-order valence-electron chi connectivity index (χ0n) is 25.5. The van der Waals surface area contributed by atoms with E-state index in [0.29, 0.717) is 0 Å². The highest BCUT2D eigenvalue weighted by Gasteiger charge is 2.51. The topological polar surface area (TPSA) is 9.23 Å². The normalized spacial score (nSPS) is 16.8. The Morgan fingerprint density at radius 3 is 2.00 bits per heavy atom. The second-order valence-electron chi connectivity index (χ2n) is 12.7. The second kappa shape index (κ2) is 9.42. The zero-order valence-corrected chi connectivity index (χ0v) is 25.5. The summed E-state index contributed by atoms with van der Waals surface area (Å²) in [5, 5.41) is 4.94. The summed E-state index contributed by atoms with van der Waals surface area (Å²) < 4.78 is 6.16. The van der Waals surface area contributed by atoms with Gasteiger partial charge in [-0.1, -0.05) is 128 Å². The Labute approximate surface area is 268 Å². The number of allylic oxidation sites excluding steroid dienone is 3. The summed E-state index contributed by atoms with van der Waals surface area (Å²) in [5.74, 6) is 0.917. The van der Waals surface area contributed by atoms with Crippen molar-refractivity contribution in [1.29, 1.82) is 0 Å². The quantitative estimate of drug-likeness (QED) is 0.200. The van der Waals surface area contributed by atoms with Crippen LogP contribution < -0.4 is 4.74 Å². The largest absolute Gasteiger partial charge is 0.464 e. The average molecular weight is 587 g/mol. The highest BCUT2D eigenvalue weighted by atomic mass is 16.5. The molecule has 3 aliphatic rings. The van der Waals surface area contributed by atoms with Gasteiger partial charge in [-0.25, -0.2) is 0 Å². The van der Waals surface area contributed by atoms with E-state index in [0.717, 1.165) is 17.7 Å². The molecule has 216 valence electrons. The molecule has 0 fully saturated rings. The third-order valence-electron chi connectivity index (χ3n) is 10.4. The van der Waals surface area contributed by atoms with Crippen molar-refractivity contribution in [3.05, 3.63) is 180 Å². The van der Waals surface area contributed by atoms with E-state index in [2.05, 4.69) is 153 Å². The Bertz CT molecular complexity index is 2490. The Morgan fingerprint density at radius 2 is 1.22 bits per heavy atom. The van der Waals surface area contributed by atoms with Crippen LogP contribution in [0.3, 0.4) is 0 Å². The molecule has 0 radical (unpaired) electrons. The van der Waals surface area contributed by atoms with E-state index in [9.17, 15) is 0 Å². The summed E-state index contributed by atoms with van der Waals surface area (Å²) in [6.45, 7) is 2.17. The van der Waals surface area contributed by atoms with Crippen molar-refractivity contribution in [1.82, 2.24) is 0 Å². The monoisotopic (exact) mass is 586 g/mol. The molecule has 1 unspecified atom stereocenters. The van der Waals surface area contributed by atoms with Crippen molar-refractivity contribution in [2.75, 3.05) is 0 Å². The summed E-state index contributed by atoms with van der Waals surface area (Å²) in [5.41, 5.74) is 15.2. The molecule has 0 saturated carbocycles. The lowest BCUT2D eigenvalue weighted by Gasteiger charge is -2.30. The highest BCUT2D eigenvalue weighted by Crippen LogP contribution is 2.63. The van der Waals surface area contributed by atoms with Crippen LogP contribution in [-0.2, 0) is 5.41 Å². The summed E-state index contributed by atoms with van der Waals surface area (Å²) in [6, 6.07) is 49.9. The first kappa shape index (κ1) is 25.6. The standard InChI is InChI=1S/C45H30O/c1-2-3-11-32-27-46-42-19-10-14-28-20-22-33(43(32)44(28)42)31-21-23-40-36(25-31)34-15-6-8-17-38(34)45(40)39-18-9-7-16-35(39)37-24-29-12-4-5-13-30(29)26-41(37)45/h3-27H,2H2,1H3/b11-3-. The molecule has 1 atom stereocenters. The molecular weight excluding hydrogens is 556 g/mol. The van der Waals surface area contributed by atoms with Gasteiger partial charge in [0.15, 0.2) is 0 Å². The lowest BCUT2D eigenvalue weighted by molar-refractivity contribution is 0.486. The van der Waals surface area contributed by atoms with Gasteiger partial charge in [0.25, 0.3) is 0 Å². The Balaban J connectivity index is 1.27. The number of rotatable bonds is 3. The lowest BCUT2D eigenvalue weighted by atomic mass is 9.70. The van der Waals surface area contributed by atoms with Gasteiger partial charge in [-0.3, -0.25) is 0 Å². The maximum absolute atomic E-state index is 6.16. The van der Waals surface area contributed by atoms with Crippen molar-refractivity contribution >= 4 is 27.1 Å². The maximum atomic E-state index is 6.16. The van der Waals surface area contributed by atoms with Crippen LogP contribution in [0.4, 0.5) is 0 Å². The van der Waals surface area contributed by atoms with E-state index < -0.39 is 0 Å². The van der Waals surface area contributed by atoms with Gasteiger partial charge in [0, 0.05) is 16.5 Å². The minimum absolute atomic E-state index is 0.367. The van der Waals surface area contributed by atoms with Crippen LogP contribution in [0.25, 0.3) is 60.5 Å². The van der Waals surface area contributed by atoms with E-state index in [1.165, 1.54) is 82.7 Å². The number of hydrogen-bond acceptors (Lipinski definition) is 1. The third kappa shape index (κ3) is 3.25. The van der Waals surface area contributed by atoms with Crippen LogP contribution in [0.1, 0.15) is 41.2 Å². The molecule has 0 amide bonds. The van der Waals surface area contributed by atoms with Crippen molar-refractivity contribution in [3.63, 3.8) is 0 Å². The van der Waals surface area contributed by atoms with E-state index in [4.69, 9.17) is 4.74 Å². The summed E-state index contributed by atoms with van der Waals surface area (Å²) >= 11 is 0. The molecule has 0 bridgehead atoms. The maximum Gasteiger partial charge on any atom is 0.135 e. The molecule has 1 spiro atoms.